The lowest BCUT2D eigenvalue weighted by Gasteiger charge is -2.29. The van der Waals surface area contributed by atoms with E-state index in [-0.39, 0.29) is 37.2 Å². The second-order valence-corrected chi connectivity index (χ2v) is 8.07. The third-order valence-electron chi connectivity index (χ3n) is 4.93. The van der Waals surface area contributed by atoms with E-state index in [1.165, 1.54) is 26.0 Å². The molecule has 0 saturated heterocycles. The highest BCUT2D eigenvalue weighted by Gasteiger charge is 2.38. The van der Waals surface area contributed by atoms with E-state index < -0.39 is 55.9 Å². The number of alkyl halides is 3. The Morgan fingerprint density at radius 3 is 2.59 bits per heavy atom. The molecule has 188 valence electrons. The molecule has 1 heterocycles. The zero-order valence-corrected chi connectivity index (χ0v) is 19.1. The number of para-hydroxylation sites is 1. The number of benzene rings is 1. The summed E-state index contributed by atoms with van der Waals surface area (Å²) in [5, 5.41) is 12.7. The van der Waals surface area contributed by atoms with Gasteiger partial charge in [0.15, 0.2) is 5.60 Å². The summed E-state index contributed by atoms with van der Waals surface area (Å²) in [6.07, 6.45) is -6.11. The molecule has 0 spiro atoms. The van der Waals surface area contributed by atoms with Crippen molar-refractivity contribution in [1.29, 1.82) is 0 Å². The molecule has 1 amide bonds. The molecular weight excluding hydrogens is 462 g/mol. The fourth-order valence-electron chi connectivity index (χ4n) is 3.24. The molecule has 13 heteroatoms. The van der Waals surface area contributed by atoms with Gasteiger partial charge >= 0.3 is 25.2 Å². The average molecular weight is 489 g/mol. The Bertz CT molecular complexity index is 893. The molecule has 1 aromatic rings. The first kappa shape index (κ1) is 27.4. The van der Waals surface area contributed by atoms with Gasteiger partial charge in [-0.05, 0) is 45.2 Å². The van der Waals surface area contributed by atoms with E-state index in [0.717, 1.165) is 0 Å². The molecule has 1 atom stereocenters. The molecule has 0 saturated carbocycles. The summed E-state index contributed by atoms with van der Waals surface area (Å²) in [6.45, 7) is 4.35. The van der Waals surface area contributed by atoms with Crippen LogP contribution in [0, 0.1) is 0 Å². The standard InChI is InChI=1S/C21H27BF3NO8/c1-4-33-20(2,3)19(29)32-12-31-18(28)14-8-5-7-13-11-15(22(30)34-17(13)14)26-16(27)9-6-10-21(23,24)25/h5,7-8,15,30H,4,6,9-12H2,1-3H3,(H,26,27)/t15-/m0/s1. The van der Waals surface area contributed by atoms with Crippen LogP contribution in [0.3, 0.4) is 0 Å². The summed E-state index contributed by atoms with van der Waals surface area (Å²) in [6, 6.07) is 4.52. The lowest BCUT2D eigenvalue weighted by Crippen LogP contribution is -2.53. The number of hydrogen-bond acceptors (Lipinski definition) is 8. The summed E-state index contributed by atoms with van der Waals surface area (Å²) >= 11 is 0. The predicted octanol–water partition coefficient (Wildman–Crippen LogP) is 2.33. The van der Waals surface area contributed by atoms with Crippen LogP contribution in [0.1, 0.15) is 56.0 Å². The molecule has 34 heavy (non-hydrogen) atoms. The number of carbonyl (C=O) groups excluding carboxylic acids is 3. The second kappa shape index (κ2) is 11.6. The van der Waals surface area contributed by atoms with Gasteiger partial charge in [0.1, 0.15) is 11.3 Å². The number of amides is 1. The highest BCUT2D eigenvalue weighted by atomic mass is 19.4. The number of esters is 2. The minimum absolute atomic E-state index is 0.0311. The fraction of sp³-hybridized carbons (Fsp3) is 0.571. The smallest absolute Gasteiger partial charge is 0.534 e. The minimum Gasteiger partial charge on any atom is -0.534 e. The van der Waals surface area contributed by atoms with Crippen LogP contribution in [0.5, 0.6) is 5.75 Å². The van der Waals surface area contributed by atoms with Gasteiger partial charge in [-0.15, -0.1) is 0 Å². The van der Waals surface area contributed by atoms with Gasteiger partial charge in [0.05, 0.1) is 5.94 Å². The third-order valence-corrected chi connectivity index (χ3v) is 4.93. The number of rotatable bonds is 10. The van der Waals surface area contributed by atoms with Crippen LogP contribution in [-0.4, -0.2) is 61.1 Å². The first-order chi connectivity index (χ1) is 15.8. The highest BCUT2D eigenvalue weighted by Crippen LogP contribution is 2.31. The zero-order valence-electron chi connectivity index (χ0n) is 19.1. The van der Waals surface area contributed by atoms with E-state index in [1.54, 1.807) is 13.0 Å². The molecule has 0 radical (unpaired) electrons. The summed E-state index contributed by atoms with van der Waals surface area (Å²) in [7, 11) is -1.54. The largest absolute Gasteiger partial charge is 0.547 e. The van der Waals surface area contributed by atoms with Crippen molar-refractivity contribution in [3.63, 3.8) is 0 Å². The molecule has 1 aliphatic rings. The van der Waals surface area contributed by atoms with Crippen molar-refractivity contribution in [3.05, 3.63) is 29.3 Å². The molecule has 0 fully saturated rings. The van der Waals surface area contributed by atoms with Gasteiger partial charge in [0.2, 0.25) is 12.7 Å². The van der Waals surface area contributed by atoms with Gasteiger partial charge in [-0.1, -0.05) is 12.1 Å². The van der Waals surface area contributed by atoms with Crippen molar-refractivity contribution in [1.82, 2.24) is 5.32 Å². The molecule has 1 aromatic carbocycles. The first-order valence-electron chi connectivity index (χ1n) is 10.6. The third kappa shape index (κ3) is 7.91. The normalized spacial score (nSPS) is 15.7. The quantitative estimate of drug-likeness (QED) is 0.292. The van der Waals surface area contributed by atoms with E-state index in [0.29, 0.717) is 5.56 Å². The minimum atomic E-state index is -4.35. The summed E-state index contributed by atoms with van der Waals surface area (Å²) < 4.78 is 57.3. The van der Waals surface area contributed by atoms with Crippen molar-refractivity contribution < 1.29 is 51.4 Å². The van der Waals surface area contributed by atoms with Crippen LogP contribution >= 0.6 is 0 Å². The Balaban J connectivity index is 1.95. The monoisotopic (exact) mass is 489 g/mol. The number of hydrogen-bond donors (Lipinski definition) is 2. The first-order valence-corrected chi connectivity index (χ1v) is 10.6. The van der Waals surface area contributed by atoms with Gasteiger partial charge in [-0.2, -0.15) is 13.2 Å². The zero-order chi connectivity index (χ0) is 25.5. The van der Waals surface area contributed by atoms with E-state index in [2.05, 4.69) is 5.32 Å². The number of ether oxygens (including phenoxy) is 3. The van der Waals surface area contributed by atoms with Crippen LogP contribution in [0.2, 0.25) is 0 Å². The average Bonchev–Trinajstić information content (AvgIpc) is 2.72. The SMILES string of the molecule is CCOC(C)(C)C(=O)OCOC(=O)c1cccc2c1OB(O)[C@@H](NC(=O)CCCC(F)(F)F)C2. The van der Waals surface area contributed by atoms with E-state index in [1.807, 2.05) is 0 Å². The van der Waals surface area contributed by atoms with Crippen LogP contribution < -0.4 is 9.97 Å². The van der Waals surface area contributed by atoms with Crippen LogP contribution in [-0.2, 0) is 30.2 Å². The van der Waals surface area contributed by atoms with Crippen molar-refractivity contribution in [2.24, 2.45) is 0 Å². The molecule has 0 aliphatic carbocycles. The maximum absolute atomic E-state index is 12.5. The fourth-order valence-corrected chi connectivity index (χ4v) is 3.24. The van der Waals surface area contributed by atoms with Gasteiger partial charge in [-0.3, -0.25) is 4.79 Å². The topological polar surface area (TPSA) is 120 Å². The second-order valence-electron chi connectivity index (χ2n) is 8.07. The molecule has 0 unspecified atom stereocenters. The Morgan fingerprint density at radius 1 is 1.24 bits per heavy atom. The van der Waals surface area contributed by atoms with Crippen LogP contribution in [0.4, 0.5) is 13.2 Å². The molecule has 1 aliphatic heterocycles. The molecule has 2 rings (SSSR count). The van der Waals surface area contributed by atoms with Crippen molar-refractivity contribution in [3.8, 4) is 5.75 Å². The summed E-state index contributed by atoms with van der Waals surface area (Å²) in [5.74, 6) is -3.14. The Hall–Kier alpha value is -2.80. The van der Waals surface area contributed by atoms with Gasteiger partial charge in [-0.25, -0.2) is 9.59 Å². The molecule has 0 aromatic heterocycles. The number of halogens is 3. The summed E-state index contributed by atoms with van der Waals surface area (Å²) in [4.78, 5) is 36.4. The van der Waals surface area contributed by atoms with Gasteiger partial charge in [0, 0.05) is 19.4 Å². The Labute approximate surface area is 195 Å². The summed E-state index contributed by atoms with van der Waals surface area (Å²) in [5.41, 5.74) is -0.784. The maximum Gasteiger partial charge on any atom is 0.547 e. The van der Waals surface area contributed by atoms with Crippen molar-refractivity contribution >= 4 is 25.0 Å². The van der Waals surface area contributed by atoms with Gasteiger partial charge in [0.25, 0.3) is 0 Å². The maximum atomic E-state index is 12.5. The Kier molecular flexibility index (Phi) is 9.33. The molecule has 2 N–H and O–H groups in total. The number of carbonyl (C=O) groups is 3. The van der Waals surface area contributed by atoms with Crippen molar-refractivity contribution in [2.45, 2.75) is 64.2 Å². The number of nitrogens with one attached hydrogen (secondary N) is 1. The Morgan fingerprint density at radius 2 is 1.94 bits per heavy atom. The molecule has 0 bridgehead atoms. The van der Waals surface area contributed by atoms with Crippen LogP contribution in [0.15, 0.2) is 18.2 Å². The van der Waals surface area contributed by atoms with E-state index >= 15 is 0 Å². The molecule has 9 nitrogen and oxygen atoms in total. The van der Waals surface area contributed by atoms with E-state index in [4.69, 9.17) is 18.9 Å². The lowest BCUT2D eigenvalue weighted by atomic mass is 9.72. The van der Waals surface area contributed by atoms with E-state index in [9.17, 15) is 32.6 Å². The highest BCUT2D eigenvalue weighted by molar-refractivity contribution is 6.47. The van der Waals surface area contributed by atoms with Gasteiger partial charge < -0.3 is 29.2 Å². The number of fused-ring (bicyclic) bond motifs is 1. The lowest BCUT2D eigenvalue weighted by molar-refractivity contribution is -0.176. The predicted molar refractivity (Wildman–Crippen MR) is 113 cm³/mol. The van der Waals surface area contributed by atoms with Crippen molar-refractivity contribution in [2.75, 3.05) is 13.4 Å². The van der Waals surface area contributed by atoms with Crippen LogP contribution in [0.25, 0.3) is 0 Å². The molecular formula is C21H27BF3NO8.